The predicted octanol–water partition coefficient (Wildman–Crippen LogP) is 0.174. The molecular formula is C21H24N8O4. The maximum atomic E-state index is 12.2. The van der Waals surface area contributed by atoms with Gasteiger partial charge in [-0.15, -0.1) is 10.2 Å². The minimum Gasteiger partial charge on any atom is -0.493 e. The summed E-state index contributed by atoms with van der Waals surface area (Å²) in [6.45, 7) is 0.0542. The predicted molar refractivity (Wildman–Crippen MR) is 119 cm³/mol. The van der Waals surface area contributed by atoms with Crippen LogP contribution >= 0.6 is 0 Å². The van der Waals surface area contributed by atoms with Crippen LogP contribution in [0.5, 0.6) is 11.5 Å². The van der Waals surface area contributed by atoms with Gasteiger partial charge in [-0.1, -0.05) is 24.3 Å². The van der Waals surface area contributed by atoms with Crippen molar-refractivity contribution in [1.29, 1.82) is 0 Å². The van der Waals surface area contributed by atoms with Gasteiger partial charge in [-0.2, -0.15) is 5.21 Å². The minimum absolute atomic E-state index is 0.0550. The molecule has 0 radical (unpaired) electrons. The van der Waals surface area contributed by atoms with Crippen molar-refractivity contribution in [3.63, 3.8) is 0 Å². The fourth-order valence-corrected chi connectivity index (χ4v) is 2.92. The smallest absolute Gasteiger partial charge is 0.242 e. The molecule has 0 saturated carbocycles. The van der Waals surface area contributed by atoms with Crippen molar-refractivity contribution in [2.75, 3.05) is 20.8 Å². The molecule has 12 heteroatoms. The van der Waals surface area contributed by atoms with Crippen LogP contribution in [0.25, 0.3) is 11.4 Å². The normalized spacial score (nSPS) is 11.0. The lowest BCUT2D eigenvalue weighted by atomic mass is 10.1. The van der Waals surface area contributed by atoms with Crippen LogP contribution in [0.4, 0.5) is 0 Å². The zero-order chi connectivity index (χ0) is 23.6. The molecule has 2 amide bonds. The number of H-pyrrole nitrogens is 1. The van der Waals surface area contributed by atoms with Crippen LogP contribution in [0.1, 0.15) is 11.1 Å². The average molecular weight is 452 g/mol. The van der Waals surface area contributed by atoms with E-state index in [4.69, 9.17) is 15.2 Å². The van der Waals surface area contributed by atoms with Crippen LogP contribution in [0.3, 0.4) is 0 Å². The van der Waals surface area contributed by atoms with Gasteiger partial charge in [-0.25, -0.2) is 4.99 Å². The number of nitrogens with zero attached hydrogens (tertiary/aromatic N) is 4. The van der Waals surface area contributed by atoms with Gasteiger partial charge in [0.2, 0.25) is 17.6 Å². The monoisotopic (exact) mass is 452 g/mol. The van der Waals surface area contributed by atoms with Crippen molar-refractivity contribution in [1.82, 2.24) is 31.3 Å². The number of hydrogen-bond donors (Lipinski definition) is 4. The molecule has 5 N–H and O–H groups in total. The molecule has 0 atom stereocenters. The van der Waals surface area contributed by atoms with E-state index in [0.717, 1.165) is 11.1 Å². The molecule has 0 aliphatic carbocycles. The van der Waals surface area contributed by atoms with Crippen molar-refractivity contribution < 1.29 is 19.1 Å². The molecule has 1 aromatic heterocycles. The lowest BCUT2D eigenvalue weighted by Crippen LogP contribution is -2.38. The first kappa shape index (κ1) is 23.2. The first-order valence-corrected chi connectivity index (χ1v) is 9.88. The highest BCUT2D eigenvalue weighted by Gasteiger charge is 2.10. The Labute approximate surface area is 189 Å². The second kappa shape index (κ2) is 11.2. The standard InChI is InChI=1S/C21H24N8O4/c1-32-16-7-6-13(9-17(16)33-2)10-18(30)25-21(22)24-12-19(31)23-11-14-4-3-5-15(8-14)20-26-28-29-27-20/h3-9H,10-12H2,1-2H3,(H,23,31)(H3,22,24,25,30)(H,26,27,28,29). The van der Waals surface area contributed by atoms with E-state index in [2.05, 4.69) is 36.3 Å². The molecule has 0 aliphatic rings. The zero-order valence-corrected chi connectivity index (χ0v) is 18.2. The number of guanidine groups is 1. The van der Waals surface area contributed by atoms with Gasteiger partial charge in [0.25, 0.3) is 0 Å². The fraction of sp³-hybridized carbons (Fsp3) is 0.238. The van der Waals surface area contributed by atoms with E-state index in [0.29, 0.717) is 22.9 Å². The number of nitrogens with one attached hydrogen (secondary N) is 3. The molecule has 33 heavy (non-hydrogen) atoms. The summed E-state index contributed by atoms with van der Waals surface area (Å²) in [6.07, 6.45) is 0.0550. The highest BCUT2D eigenvalue weighted by atomic mass is 16.5. The summed E-state index contributed by atoms with van der Waals surface area (Å²) in [5.74, 6) is 0.678. The molecule has 0 saturated heterocycles. The molecule has 3 rings (SSSR count). The minimum atomic E-state index is -0.373. The molecule has 0 aliphatic heterocycles. The molecule has 12 nitrogen and oxygen atoms in total. The van der Waals surface area contributed by atoms with E-state index in [1.165, 1.54) is 14.2 Å². The Bertz CT molecular complexity index is 1130. The largest absolute Gasteiger partial charge is 0.493 e. The number of amides is 2. The van der Waals surface area contributed by atoms with Gasteiger partial charge in [0.1, 0.15) is 6.54 Å². The number of ether oxygens (including phenoxy) is 2. The number of methoxy groups -OCH3 is 2. The summed E-state index contributed by atoms with van der Waals surface area (Å²) >= 11 is 0. The number of nitrogens with two attached hydrogens (primary N) is 1. The maximum absolute atomic E-state index is 12.2. The number of tetrazole rings is 1. The van der Waals surface area contributed by atoms with Crippen LogP contribution in [0, 0.1) is 0 Å². The number of carbonyl (C=O) groups excluding carboxylic acids is 2. The molecular weight excluding hydrogens is 428 g/mol. The van der Waals surface area contributed by atoms with E-state index in [1.807, 2.05) is 24.3 Å². The van der Waals surface area contributed by atoms with E-state index >= 15 is 0 Å². The second-order valence-corrected chi connectivity index (χ2v) is 6.83. The molecule has 1 heterocycles. The summed E-state index contributed by atoms with van der Waals surface area (Å²) in [4.78, 5) is 28.2. The van der Waals surface area contributed by atoms with Gasteiger partial charge in [-0.3, -0.25) is 14.9 Å². The van der Waals surface area contributed by atoms with Crippen molar-refractivity contribution in [3.8, 4) is 22.9 Å². The summed E-state index contributed by atoms with van der Waals surface area (Å²) in [6, 6.07) is 12.5. The Morgan fingerprint density at radius 2 is 1.88 bits per heavy atom. The van der Waals surface area contributed by atoms with Gasteiger partial charge in [-0.05, 0) is 34.5 Å². The molecule has 0 unspecified atom stereocenters. The Morgan fingerprint density at radius 3 is 2.61 bits per heavy atom. The Kier molecular flexibility index (Phi) is 7.89. The van der Waals surface area contributed by atoms with Crippen LogP contribution < -0.4 is 25.8 Å². The highest BCUT2D eigenvalue weighted by Crippen LogP contribution is 2.27. The third kappa shape index (κ3) is 6.75. The third-order valence-electron chi connectivity index (χ3n) is 4.49. The first-order valence-electron chi connectivity index (χ1n) is 9.88. The Balaban J connectivity index is 1.46. The van der Waals surface area contributed by atoms with Crippen LogP contribution in [-0.4, -0.2) is 59.2 Å². The van der Waals surface area contributed by atoms with Crippen molar-refractivity contribution in [2.24, 2.45) is 10.7 Å². The number of aliphatic imine (C=N–C) groups is 1. The number of benzene rings is 2. The van der Waals surface area contributed by atoms with Crippen LogP contribution in [-0.2, 0) is 22.6 Å². The zero-order valence-electron chi connectivity index (χ0n) is 18.2. The van der Waals surface area contributed by atoms with Gasteiger partial charge >= 0.3 is 0 Å². The lowest BCUT2D eigenvalue weighted by molar-refractivity contribution is -0.120. The topological polar surface area (TPSA) is 169 Å². The summed E-state index contributed by atoms with van der Waals surface area (Å²) < 4.78 is 10.4. The molecule has 172 valence electrons. The van der Waals surface area contributed by atoms with Gasteiger partial charge in [0.15, 0.2) is 17.5 Å². The van der Waals surface area contributed by atoms with E-state index < -0.39 is 0 Å². The molecule has 0 spiro atoms. The van der Waals surface area contributed by atoms with E-state index in [1.54, 1.807) is 18.2 Å². The SMILES string of the molecule is COc1ccc(CC(=O)NC(N)=NCC(=O)NCc2cccc(-c3nn[nH]n3)c2)cc1OC. The van der Waals surface area contributed by atoms with E-state index in [-0.39, 0.29) is 37.3 Å². The van der Waals surface area contributed by atoms with Gasteiger partial charge in [0.05, 0.1) is 20.6 Å². The molecule has 2 aromatic carbocycles. The average Bonchev–Trinajstić information content (AvgIpc) is 3.36. The van der Waals surface area contributed by atoms with Crippen LogP contribution in [0.15, 0.2) is 47.5 Å². The summed E-state index contributed by atoms with van der Waals surface area (Å²) in [5.41, 5.74) is 8.06. The van der Waals surface area contributed by atoms with Crippen LogP contribution in [0.2, 0.25) is 0 Å². The number of aromatic nitrogens is 4. The number of aromatic amines is 1. The fourth-order valence-electron chi connectivity index (χ4n) is 2.92. The summed E-state index contributed by atoms with van der Waals surface area (Å²) in [5, 5.41) is 19.0. The Hall–Kier alpha value is -4.48. The van der Waals surface area contributed by atoms with Crippen molar-refractivity contribution in [2.45, 2.75) is 13.0 Å². The number of hydrogen-bond acceptors (Lipinski definition) is 8. The molecule has 0 fully saturated rings. The van der Waals surface area contributed by atoms with Crippen molar-refractivity contribution >= 4 is 17.8 Å². The molecule has 3 aromatic rings. The summed E-state index contributed by atoms with van der Waals surface area (Å²) in [7, 11) is 3.05. The third-order valence-corrected chi connectivity index (χ3v) is 4.49. The van der Waals surface area contributed by atoms with Crippen molar-refractivity contribution in [3.05, 3.63) is 53.6 Å². The second-order valence-electron chi connectivity index (χ2n) is 6.83. The first-order chi connectivity index (χ1) is 16.0. The van der Waals surface area contributed by atoms with E-state index in [9.17, 15) is 9.59 Å². The lowest BCUT2D eigenvalue weighted by Gasteiger charge is -2.10. The quantitative estimate of drug-likeness (QED) is 0.263. The number of carbonyl (C=O) groups is 2. The number of rotatable bonds is 9. The Morgan fingerprint density at radius 1 is 1.06 bits per heavy atom. The van der Waals surface area contributed by atoms with Gasteiger partial charge < -0.3 is 20.5 Å². The maximum Gasteiger partial charge on any atom is 0.242 e. The highest BCUT2D eigenvalue weighted by molar-refractivity contribution is 5.97. The van der Waals surface area contributed by atoms with Gasteiger partial charge in [0, 0.05) is 12.1 Å². The molecule has 0 bridgehead atoms.